The quantitative estimate of drug-likeness (QED) is 0.664. The molecule has 0 bridgehead atoms. The van der Waals surface area contributed by atoms with Crippen LogP contribution in [0.2, 0.25) is 0 Å². The van der Waals surface area contributed by atoms with Crippen LogP contribution in [0, 0.1) is 0 Å². The van der Waals surface area contributed by atoms with Crippen LogP contribution in [-0.4, -0.2) is 28.6 Å². The lowest BCUT2D eigenvalue weighted by Crippen LogP contribution is -2.41. The van der Waals surface area contributed by atoms with Crippen LogP contribution in [0.25, 0.3) is 0 Å². The Morgan fingerprint density at radius 2 is 2.06 bits per heavy atom. The van der Waals surface area contributed by atoms with E-state index in [-0.39, 0.29) is 11.4 Å². The molecule has 0 aromatic carbocycles. The summed E-state index contributed by atoms with van der Waals surface area (Å²) in [5, 5.41) is 3.49. The average Bonchev–Trinajstić information content (AvgIpc) is 2.75. The van der Waals surface area contributed by atoms with E-state index in [9.17, 15) is 4.39 Å². The largest absolute Gasteiger partial charge is 0.376 e. The third kappa shape index (κ3) is 4.55. The van der Waals surface area contributed by atoms with Gasteiger partial charge in [-0.25, -0.2) is 9.37 Å². The molecule has 2 heterocycles. The lowest BCUT2D eigenvalue weighted by Gasteiger charge is -2.35. The predicted molar refractivity (Wildman–Crippen MR) is 125 cm³/mol. The summed E-state index contributed by atoms with van der Waals surface area (Å²) in [5.41, 5.74) is 6.02. The molecule has 1 aromatic heterocycles. The Kier molecular flexibility index (Phi) is 5.94. The number of halogens is 1. The fourth-order valence-corrected chi connectivity index (χ4v) is 4.56. The number of hydrogen-bond acceptors (Lipinski definition) is 4. The minimum Gasteiger partial charge on any atom is -0.376 e. The van der Waals surface area contributed by atoms with Crippen LogP contribution in [0.1, 0.15) is 46.5 Å². The lowest BCUT2D eigenvalue weighted by atomic mass is 9.84. The maximum atomic E-state index is 14.4. The molecule has 1 aromatic rings. The van der Waals surface area contributed by atoms with Crippen molar-refractivity contribution in [1.29, 1.82) is 0 Å². The third-order valence-electron chi connectivity index (χ3n) is 6.44. The Morgan fingerprint density at radius 1 is 1.23 bits per heavy atom. The summed E-state index contributed by atoms with van der Waals surface area (Å²) < 4.78 is 14.4. The Labute approximate surface area is 184 Å². The molecule has 0 amide bonds. The standard InChI is InChI=1S/C26H31FN4/c1-18-10-15-31(24-16-28-13-14-29-24)17-22(18)21-8-11-26(4,12-9-21)30-20(3)25-19(2)6-5-7-23(25)27/h6,8-9,11,13-14,16,30H,3,5,7,10,12,15,17H2,1-2,4H3. The van der Waals surface area contributed by atoms with Gasteiger partial charge in [-0.15, -0.1) is 0 Å². The molecule has 1 atom stereocenters. The van der Waals surface area contributed by atoms with E-state index in [4.69, 9.17) is 0 Å². The van der Waals surface area contributed by atoms with Crippen molar-refractivity contribution in [3.05, 3.63) is 88.9 Å². The van der Waals surface area contributed by atoms with Gasteiger partial charge in [0.2, 0.25) is 0 Å². The smallest absolute Gasteiger partial charge is 0.147 e. The van der Waals surface area contributed by atoms with Crippen molar-refractivity contribution in [2.45, 2.75) is 52.0 Å². The zero-order valence-electron chi connectivity index (χ0n) is 18.7. The number of hydrogen-bond donors (Lipinski definition) is 1. The molecule has 0 fully saturated rings. The second kappa shape index (κ2) is 8.66. The fraction of sp³-hybridized carbons (Fsp3) is 0.385. The maximum absolute atomic E-state index is 14.4. The molecule has 31 heavy (non-hydrogen) atoms. The van der Waals surface area contributed by atoms with Gasteiger partial charge in [0.1, 0.15) is 11.6 Å². The highest BCUT2D eigenvalue weighted by atomic mass is 19.1. The van der Waals surface area contributed by atoms with E-state index in [2.05, 4.69) is 64.9 Å². The third-order valence-corrected chi connectivity index (χ3v) is 6.44. The van der Waals surface area contributed by atoms with E-state index < -0.39 is 0 Å². The summed E-state index contributed by atoms with van der Waals surface area (Å²) in [6.45, 7) is 12.3. The average molecular weight is 419 g/mol. The number of aromatic nitrogens is 2. The first-order valence-corrected chi connectivity index (χ1v) is 11.0. The highest BCUT2D eigenvalue weighted by Gasteiger charge is 2.28. The highest BCUT2D eigenvalue weighted by molar-refractivity contribution is 5.53. The van der Waals surface area contributed by atoms with Crippen molar-refractivity contribution in [3.63, 3.8) is 0 Å². The van der Waals surface area contributed by atoms with Crippen molar-refractivity contribution >= 4 is 5.82 Å². The molecule has 5 heteroatoms. The maximum Gasteiger partial charge on any atom is 0.147 e. The van der Waals surface area contributed by atoms with Gasteiger partial charge < -0.3 is 10.2 Å². The van der Waals surface area contributed by atoms with Crippen molar-refractivity contribution in [2.24, 2.45) is 0 Å². The molecule has 4 rings (SSSR count). The number of anilines is 1. The van der Waals surface area contributed by atoms with E-state index in [1.54, 1.807) is 12.4 Å². The zero-order chi connectivity index (χ0) is 22.0. The molecule has 4 nitrogen and oxygen atoms in total. The molecule has 0 spiro atoms. The van der Waals surface area contributed by atoms with Crippen LogP contribution in [0.4, 0.5) is 10.2 Å². The van der Waals surface area contributed by atoms with Crippen LogP contribution < -0.4 is 10.2 Å². The Balaban J connectivity index is 1.47. The highest BCUT2D eigenvalue weighted by Crippen LogP contribution is 2.34. The number of rotatable bonds is 5. The van der Waals surface area contributed by atoms with E-state index in [1.165, 1.54) is 16.7 Å². The summed E-state index contributed by atoms with van der Waals surface area (Å²) >= 11 is 0. The number of nitrogens with zero attached hydrogens (tertiary/aromatic N) is 3. The molecule has 162 valence electrons. The van der Waals surface area contributed by atoms with Gasteiger partial charge in [0.05, 0.1) is 11.7 Å². The van der Waals surface area contributed by atoms with Crippen molar-refractivity contribution in [1.82, 2.24) is 15.3 Å². The predicted octanol–water partition coefficient (Wildman–Crippen LogP) is 5.72. The molecule has 2 aliphatic carbocycles. The van der Waals surface area contributed by atoms with Crippen molar-refractivity contribution in [3.8, 4) is 0 Å². The lowest BCUT2D eigenvalue weighted by molar-refractivity contribution is 0.482. The molecule has 0 saturated heterocycles. The number of allylic oxidation sites excluding steroid dienone is 4. The van der Waals surface area contributed by atoms with Gasteiger partial charge in [0, 0.05) is 43.2 Å². The monoisotopic (exact) mass is 418 g/mol. The van der Waals surface area contributed by atoms with E-state index in [1.807, 2.05) is 13.1 Å². The molecule has 0 saturated carbocycles. The first kappa shape index (κ1) is 21.3. The first-order valence-electron chi connectivity index (χ1n) is 11.0. The SMILES string of the molecule is C=C(NC1(C)C=CC(C2=C(C)CCN(c3cnccn3)C2)=CC1)C1=C(F)CCC=C1C. The summed E-state index contributed by atoms with van der Waals surface area (Å²) in [5.74, 6) is 0.853. The first-order chi connectivity index (χ1) is 14.9. The molecule has 1 N–H and O–H groups in total. The van der Waals surface area contributed by atoms with Gasteiger partial charge in [0.15, 0.2) is 0 Å². The van der Waals surface area contributed by atoms with Crippen LogP contribution in [0.3, 0.4) is 0 Å². The van der Waals surface area contributed by atoms with Crippen LogP contribution in [0.5, 0.6) is 0 Å². The Morgan fingerprint density at radius 3 is 2.74 bits per heavy atom. The molecule has 0 radical (unpaired) electrons. The van der Waals surface area contributed by atoms with Crippen molar-refractivity contribution in [2.75, 3.05) is 18.0 Å². The van der Waals surface area contributed by atoms with Crippen LogP contribution in [0.15, 0.2) is 88.9 Å². The minimum absolute atomic E-state index is 0.0655. The molecular weight excluding hydrogens is 387 g/mol. The van der Waals surface area contributed by atoms with Gasteiger partial charge in [-0.3, -0.25) is 4.98 Å². The summed E-state index contributed by atoms with van der Waals surface area (Å²) in [6, 6.07) is 0. The normalized spacial score (nSPS) is 24.2. The summed E-state index contributed by atoms with van der Waals surface area (Å²) in [4.78, 5) is 11.0. The van der Waals surface area contributed by atoms with E-state index in [0.717, 1.165) is 43.7 Å². The van der Waals surface area contributed by atoms with Gasteiger partial charge in [0.25, 0.3) is 0 Å². The fourth-order valence-electron chi connectivity index (χ4n) is 4.56. The molecule has 1 unspecified atom stereocenters. The van der Waals surface area contributed by atoms with Gasteiger partial charge in [-0.05, 0) is 56.8 Å². The second-order valence-corrected chi connectivity index (χ2v) is 8.92. The topological polar surface area (TPSA) is 41.0 Å². The molecule has 1 aliphatic heterocycles. The zero-order valence-corrected chi connectivity index (χ0v) is 18.7. The molecule has 3 aliphatic rings. The van der Waals surface area contributed by atoms with E-state index >= 15 is 0 Å². The Hall–Kier alpha value is -2.95. The van der Waals surface area contributed by atoms with Gasteiger partial charge in [-0.2, -0.15) is 0 Å². The van der Waals surface area contributed by atoms with Gasteiger partial charge in [-0.1, -0.05) is 36.5 Å². The number of nitrogens with one attached hydrogen (secondary N) is 1. The van der Waals surface area contributed by atoms with Crippen LogP contribution in [-0.2, 0) is 0 Å². The molecular formula is C26H31FN4. The van der Waals surface area contributed by atoms with E-state index in [0.29, 0.717) is 17.7 Å². The Bertz CT molecular complexity index is 1030. The van der Waals surface area contributed by atoms with Crippen LogP contribution >= 0.6 is 0 Å². The van der Waals surface area contributed by atoms with Crippen molar-refractivity contribution < 1.29 is 4.39 Å². The summed E-state index contributed by atoms with van der Waals surface area (Å²) in [6.07, 6.45) is 17.1. The minimum atomic E-state index is -0.292. The van der Waals surface area contributed by atoms with Gasteiger partial charge >= 0.3 is 0 Å². The second-order valence-electron chi connectivity index (χ2n) is 8.92. The summed E-state index contributed by atoms with van der Waals surface area (Å²) in [7, 11) is 0.